The van der Waals surface area contributed by atoms with Gasteiger partial charge in [-0.05, 0) is 69.0 Å². The van der Waals surface area contributed by atoms with Crippen LogP contribution in [0.3, 0.4) is 0 Å². The third-order valence-corrected chi connectivity index (χ3v) is 9.37. The topological polar surface area (TPSA) is 51.3 Å². The lowest BCUT2D eigenvalue weighted by atomic mass is 9.92. The summed E-state index contributed by atoms with van der Waals surface area (Å²) in [4.78, 5) is 12.4. The van der Waals surface area contributed by atoms with Crippen LogP contribution in [0.25, 0.3) is 11.0 Å². The molecule has 194 valence electrons. The minimum absolute atomic E-state index is 0.128. The quantitative estimate of drug-likeness (QED) is 0.448. The second-order valence-corrected chi connectivity index (χ2v) is 11.6. The predicted octanol–water partition coefficient (Wildman–Crippen LogP) is 4.80. The fourth-order valence-electron chi connectivity index (χ4n) is 6.86. The normalized spacial score (nSPS) is 25.8. The Kier molecular flexibility index (Phi) is 6.38. The summed E-state index contributed by atoms with van der Waals surface area (Å²) in [6.45, 7) is 6.46. The fraction of sp³-hybridized carbons (Fsp3) is 0.517. The maximum atomic E-state index is 14.3. The number of fused-ring (bicyclic) bond motifs is 2. The van der Waals surface area contributed by atoms with Crippen molar-refractivity contribution >= 4 is 28.6 Å². The van der Waals surface area contributed by atoms with Crippen molar-refractivity contribution in [2.75, 3.05) is 51.2 Å². The molecule has 3 aliphatic rings. The molecule has 1 saturated heterocycles. The number of halogens is 2. The highest BCUT2D eigenvalue weighted by atomic mass is 35.5. The van der Waals surface area contributed by atoms with E-state index in [0.717, 1.165) is 82.0 Å². The number of imidazole rings is 1. The van der Waals surface area contributed by atoms with E-state index in [1.807, 2.05) is 19.2 Å². The van der Waals surface area contributed by atoms with Gasteiger partial charge in [-0.25, -0.2) is 9.37 Å². The number of hydrogen-bond acceptors (Lipinski definition) is 5. The molecule has 2 heterocycles. The van der Waals surface area contributed by atoms with Crippen LogP contribution in [0.15, 0.2) is 36.4 Å². The molecule has 2 unspecified atom stereocenters. The number of aromatic nitrogens is 2. The molecule has 37 heavy (non-hydrogen) atoms. The SMILES string of the molecule is CN1CCN(CCCN(c2nc3cc(F)c(Cl)cc3n2C)C2CC[C@]3(c4cccc(C#N)c4)CC23)CC1. The van der Waals surface area contributed by atoms with Gasteiger partial charge in [-0.15, -0.1) is 0 Å². The molecular formula is C29H34ClFN6. The first-order valence-electron chi connectivity index (χ1n) is 13.4. The Morgan fingerprint density at radius 1 is 1.19 bits per heavy atom. The molecule has 0 N–H and O–H groups in total. The zero-order valence-corrected chi connectivity index (χ0v) is 22.4. The van der Waals surface area contributed by atoms with E-state index in [-0.39, 0.29) is 10.4 Å². The molecule has 1 aromatic heterocycles. The highest BCUT2D eigenvalue weighted by Gasteiger charge is 2.63. The number of aryl methyl sites for hydroxylation is 1. The van der Waals surface area contributed by atoms with Gasteiger partial charge in [0.1, 0.15) is 5.82 Å². The molecule has 2 saturated carbocycles. The maximum absolute atomic E-state index is 14.3. The summed E-state index contributed by atoms with van der Waals surface area (Å²) < 4.78 is 16.3. The van der Waals surface area contributed by atoms with Crippen molar-refractivity contribution < 1.29 is 4.39 Å². The van der Waals surface area contributed by atoms with Crippen LogP contribution in [0.5, 0.6) is 0 Å². The van der Waals surface area contributed by atoms with Gasteiger partial charge in [0.15, 0.2) is 0 Å². The largest absolute Gasteiger partial charge is 0.339 e. The first kappa shape index (κ1) is 24.7. The van der Waals surface area contributed by atoms with Crippen LogP contribution in [-0.2, 0) is 12.5 Å². The number of anilines is 1. The Labute approximate surface area is 223 Å². The van der Waals surface area contributed by atoms with Gasteiger partial charge in [0, 0.05) is 57.3 Å². The van der Waals surface area contributed by atoms with Crippen LogP contribution in [0.2, 0.25) is 5.02 Å². The van der Waals surface area contributed by atoms with Crippen LogP contribution in [0, 0.1) is 23.1 Å². The van der Waals surface area contributed by atoms with E-state index in [4.69, 9.17) is 16.6 Å². The van der Waals surface area contributed by atoms with Gasteiger partial charge in [-0.3, -0.25) is 0 Å². The number of piperazine rings is 1. The predicted molar refractivity (Wildman–Crippen MR) is 146 cm³/mol. The van der Waals surface area contributed by atoms with Crippen LogP contribution in [0.4, 0.5) is 10.3 Å². The molecule has 0 radical (unpaired) electrons. The molecule has 8 heteroatoms. The zero-order chi connectivity index (χ0) is 25.7. The maximum Gasteiger partial charge on any atom is 0.206 e. The average molecular weight is 521 g/mol. The first-order chi connectivity index (χ1) is 17.9. The molecule has 0 amide bonds. The van der Waals surface area contributed by atoms with Crippen LogP contribution in [-0.4, -0.2) is 71.7 Å². The van der Waals surface area contributed by atoms with Crippen molar-refractivity contribution in [2.24, 2.45) is 13.0 Å². The summed E-state index contributed by atoms with van der Waals surface area (Å²) in [5.41, 5.74) is 3.69. The first-order valence-corrected chi connectivity index (χ1v) is 13.8. The second kappa shape index (κ2) is 9.58. The number of benzene rings is 2. The Morgan fingerprint density at radius 3 is 2.76 bits per heavy atom. The van der Waals surface area contributed by atoms with Crippen LogP contribution >= 0.6 is 11.6 Å². The monoisotopic (exact) mass is 520 g/mol. The molecule has 3 fully saturated rings. The summed E-state index contributed by atoms with van der Waals surface area (Å²) in [6, 6.07) is 14.0. The number of likely N-dealkylation sites (N-methyl/N-ethyl adjacent to an activating group) is 1. The lowest BCUT2D eigenvalue weighted by Gasteiger charge is -2.34. The van der Waals surface area contributed by atoms with Crippen LogP contribution < -0.4 is 4.90 Å². The van der Waals surface area contributed by atoms with Crippen molar-refractivity contribution in [1.29, 1.82) is 5.26 Å². The van der Waals surface area contributed by atoms with E-state index in [9.17, 15) is 9.65 Å². The average Bonchev–Trinajstić information content (AvgIpc) is 3.41. The second-order valence-electron chi connectivity index (χ2n) is 11.2. The summed E-state index contributed by atoms with van der Waals surface area (Å²) in [6.07, 6.45) is 4.42. The van der Waals surface area contributed by atoms with Crippen molar-refractivity contribution in [3.8, 4) is 6.07 Å². The van der Waals surface area contributed by atoms with E-state index in [2.05, 4.69) is 44.5 Å². The Bertz CT molecular complexity index is 1360. The molecule has 0 bridgehead atoms. The minimum atomic E-state index is -0.431. The number of nitriles is 1. The van der Waals surface area contributed by atoms with Gasteiger partial charge in [0.2, 0.25) is 5.95 Å². The van der Waals surface area contributed by atoms with E-state index in [1.54, 1.807) is 6.07 Å². The highest BCUT2D eigenvalue weighted by Crippen LogP contribution is 2.65. The van der Waals surface area contributed by atoms with Crippen LogP contribution in [0.1, 0.15) is 36.8 Å². The summed E-state index contributed by atoms with van der Waals surface area (Å²) in [5, 5.41) is 9.56. The number of nitrogens with zero attached hydrogens (tertiary/aromatic N) is 6. The van der Waals surface area contributed by atoms with Crippen molar-refractivity contribution in [1.82, 2.24) is 19.4 Å². The van der Waals surface area contributed by atoms with Gasteiger partial charge < -0.3 is 19.3 Å². The fourth-order valence-corrected chi connectivity index (χ4v) is 7.02. The Balaban J connectivity index is 1.28. The molecule has 6 nitrogen and oxygen atoms in total. The highest BCUT2D eigenvalue weighted by molar-refractivity contribution is 6.31. The molecule has 3 atom stereocenters. The standard InChI is InChI=1S/C29H34ClFN6/c1-34-11-13-36(14-12-34)9-4-10-37(28-33-25-17-24(31)23(30)16-27(25)35(28)2)26-7-8-29(18-22(26)29)21-6-3-5-20(15-21)19-32/h3,5-6,15-17,22,26H,4,7-14,18H2,1-2H3/t22?,26?,29-/m1/s1. The third kappa shape index (κ3) is 4.39. The van der Waals surface area contributed by atoms with Crippen molar-refractivity contribution in [2.45, 2.75) is 37.1 Å². The third-order valence-electron chi connectivity index (χ3n) is 9.08. The van der Waals surface area contributed by atoms with Gasteiger partial charge in [-0.2, -0.15) is 5.26 Å². The van der Waals surface area contributed by atoms with Crippen molar-refractivity contribution in [3.63, 3.8) is 0 Å². The summed E-state index contributed by atoms with van der Waals surface area (Å²) in [7, 11) is 4.20. The molecule has 3 aromatic rings. The van der Waals surface area contributed by atoms with E-state index in [1.165, 1.54) is 11.6 Å². The molecular weight excluding hydrogens is 487 g/mol. The molecule has 2 aliphatic carbocycles. The Morgan fingerprint density at radius 2 is 2.00 bits per heavy atom. The number of rotatable bonds is 7. The minimum Gasteiger partial charge on any atom is -0.339 e. The van der Waals surface area contributed by atoms with Gasteiger partial charge >= 0.3 is 0 Å². The van der Waals surface area contributed by atoms with Gasteiger partial charge in [-0.1, -0.05) is 23.7 Å². The van der Waals surface area contributed by atoms with E-state index < -0.39 is 5.82 Å². The smallest absolute Gasteiger partial charge is 0.206 e. The molecule has 0 spiro atoms. The van der Waals surface area contributed by atoms with E-state index >= 15 is 0 Å². The zero-order valence-electron chi connectivity index (χ0n) is 21.6. The lowest BCUT2D eigenvalue weighted by Crippen LogP contribution is -2.45. The van der Waals surface area contributed by atoms with Gasteiger partial charge in [0.05, 0.1) is 27.7 Å². The molecule has 2 aromatic carbocycles. The molecule has 1 aliphatic heterocycles. The molecule has 6 rings (SSSR count). The van der Waals surface area contributed by atoms with Gasteiger partial charge in [0.25, 0.3) is 0 Å². The van der Waals surface area contributed by atoms with Crippen molar-refractivity contribution in [3.05, 3.63) is 58.4 Å². The summed E-state index contributed by atoms with van der Waals surface area (Å²) >= 11 is 6.13. The van der Waals surface area contributed by atoms with E-state index in [0.29, 0.717) is 17.5 Å². The Hall–Kier alpha value is -2.66. The lowest BCUT2D eigenvalue weighted by molar-refractivity contribution is 0.153. The summed E-state index contributed by atoms with van der Waals surface area (Å²) in [5.74, 6) is 0.999. The number of hydrogen-bond donors (Lipinski definition) is 0.